The Labute approximate surface area is 154 Å². The first-order valence-electron chi connectivity index (χ1n) is 9.35. The molecule has 0 radical (unpaired) electrons. The van der Waals surface area contributed by atoms with Crippen molar-refractivity contribution in [3.8, 4) is 5.75 Å². The van der Waals surface area contributed by atoms with Crippen LogP contribution in [0.3, 0.4) is 0 Å². The smallest absolute Gasteiger partial charge is 0.227 e. The van der Waals surface area contributed by atoms with Gasteiger partial charge >= 0.3 is 0 Å². The highest BCUT2D eigenvalue weighted by atomic mass is 16.5. The van der Waals surface area contributed by atoms with Crippen LogP contribution < -0.4 is 4.74 Å². The highest BCUT2D eigenvalue weighted by Gasteiger charge is 2.42. The molecule has 2 fully saturated rings. The lowest BCUT2D eigenvalue weighted by molar-refractivity contribution is -0.143. The Bertz CT molecular complexity index is 646. The molecule has 2 aliphatic rings. The normalized spacial score (nSPS) is 23.4. The number of ether oxygens (including phenoxy) is 1. The summed E-state index contributed by atoms with van der Waals surface area (Å²) in [5.41, 5.74) is 0.966. The van der Waals surface area contributed by atoms with Gasteiger partial charge in [0, 0.05) is 38.0 Å². The van der Waals surface area contributed by atoms with Crippen molar-refractivity contribution in [2.24, 2.45) is 5.41 Å². The number of benzene rings is 1. The Balaban J connectivity index is 1.63. The SMILES string of the molecule is COc1ccc(CC(=O)N2CCCC3(CCC(=O)N(CCO)C3)C2)cc1. The van der Waals surface area contributed by atoms with Crippen molar-refractivity contribution in [1.29, 1.82) is 0 Å². The van der Waals surface area contributed by atoms with Gasteiger partial charge in [-0.2, -0.15) is 0 Å². The largest absolute Gasteiger partial charge is 0.497 e. The molecule has 6 heteroatoms. The second kappa shape index (κ2) is 8.08. The summed E-state index contributed by atoms with van der Waals surface area (Å²) < 4.78 is 5.16. The van der Waals surface area contributed by atoms with Crippen molar-refractivity contribution >= 4 is 11.8 Å². The molecular weight excluding hydrogens is 332 g/mol. The summed E-state index contributed by atoms with van der Waals surface area (Å²) in [5, 5.41) is 9.20. The van der Waals surface area contributed by atoms with E-state index in [9.17, 15) is 14.7 Å². The molecule has 0 aromatic heterocycles. The molecule has 2 saturated heterocycles. The van der Waals surface area contributed by atoms with E-state index in [1.807, 2.05) is 29.2 Å². The van der Waals surface area contributed by atoms with Crippen LogP contribution in [0.5, 0.6) is 5.75 Å². The number of carbonyl (C=O) groups excluding carboxylic acids is 2. The molecular formula is C20H28N2O4. The molecule has 0 saturated carbocycles. The summed E-state index contributed by atoms with van der Waals surface area (Å²) in [4.78, 5) is 28.6. The summed E-state index contributed by atoms with van der Waals surface area (Å²) in [6, 6.07) is 7.61. The zero-order chi connectivity index (χ0) is 18.6. The number of rotatable bonds is 5. The van der Waals surface area contributed by atoms with Gasteiger partial charge < -0.3 is 19.6 Å². The second-order valence-electron chi connectivity index (χ2n) is 7.48. The number of likely N-dealkylation sites (tertiary alicyclic amines) is 2. The quantitative estimate of drug-likeness (QED) is 0.863. The van der Waals surface area contributed by atoms with Gasteiger partial charge in [-0.05, 0) is 37.0 Å². The van der Waals surface area contributed by atoms with E-state index in [2.05, 4.69) is 0 Å². The molecule has 1 N–H and O–H groups in total. The number of nitrogens with zero attached hydrogens (tertiary/aromatic N) is 2. The van der Waals surface area contributed by atoms with E-state index in [-0.39, 0.29) is 23.8 Å². The van der Waals surface area contributed by atoms with Gasteiger partial charge in [-0.3, -0.25) is 9.59 Å². The van der Waals surface area contributed by atoms with Crippen molar-refractivity contribution < 1.29 is 19.4 Å². The van der Waals surface area contributed by atoms with E-state index in [4.69, 9.17) is 4.74 Å². The van der Waals surface area contributed by atoms with Crippen molar-refractivity contribution in [1.82, 2.24) is 9.80 Å². The molecule has 1 aromatic rings. The number of methoxy groups -OCH3 is 1. The maximum atomic E-state index is 12.8. The number of aliphatic hydroxyl groups is 1. The van der Waals surface area contributed by atoms with Crippen molar-refractivity contribution in [3.63, 3.8) is 0 Å². The molecule has 26 heavy (non-hydrogen) atoms. The Morgan fingerprint density at radius 3 is 2.69 bits per heavy atom. The van der Waals surface area contributed by atoms with E-state index in [0.29, 0.717) is 32.5 Å². The third-order valence-electron chi connectivity index (χ3n) is 5.65. The fourth-order valence-corrected chi connectivity index (χ4v) is 4.21. The number of β-amino-alcohol motifs (C(OH)–C–C–N with tert-alkyl or cyclic N) is 1. The van der Waals surface area contributed by atoms with E-state index in [1.54, 1.807) is 12.0 Å². The van der Waals surface area contributed by atoms with Gasteiger partial charge in [0.2, 0.25) is 11.8 Å². The Kier molecular flexibility index (Phi) is 5.81. The molecule has 2 heterocycles. The monoisotopic (exact) mass is 360 g/mol. The van der Waals surface area contributed by atoms with Crippen LogP contribution in [-0.4, -0.2) is 66.6 Å². The number of hydrogen-bond acceptors (Lipinski definition) is 4. The topological polar surface area (TPSA) is 70.1 Å². The zero-order valence-corrected chi connectivity index (χ0v) is 15.4. The second-order valence-corrected chi connectivity index (χ2v) is 7.48. The maximum absolute atomic E-state index is 12.8. The van der Waals surface area contributed by atoms with Gasteiger partial charge in [-0.1, -0.05) is 12.1 Å². The number of piperidine rings is 2. The molecule has 1 unspecified atom stereocenters. The summed E-state index contributed by atoms with van der Waals surface area (Å²) in [6.07, 6.45) is 3.74. The summed E-state index contributed by atoms with van der Waals surface area (Å²) in [6.45, 7) is 2.52. The minimum absolute atomic E-state index is 0.0120. The fraction of sp³-hybridized carbons (Fsp3) is 0.600. The van der Waals surface area contributed by atoms with E-state index in [1.165, 1.54) is 0 Å². The minimum atomic E-state index is -0.0170. The Hall–Kier alpha value is -2.08. The first-order chi connectivity index (χ1) is 12.5. The summed E-state index contributed by atoms with van der Waals surface area (Å²) >= 11 is 0. The number of amides is 2. The molecule has 1 aromatic carbocycles. The molecule has 0 bridgehead atoms. The van der Waals surface area contributed by atoms with Gasteiger partial charge in [0.05, 0.1) is 20.1 Å². The third-order valence-corrected chi connectivity index (χ3v) is 5.65. The summed E-state index contributed by atoms with van der Waals surface area (Å²) in [5.74, 6) is 1.04. The molecule has 6 nitrogen and oxygen atoms in total. The fourth-order valence-electron chi connectivity index (χ4n) is 4.21. The minimum Gasteiger partial charge on any atom is -0.497 e. The molecule has 1 spiro atoms. The first kappa shape index (κ1) is 18.7. The maximum Gasteiger partial charge on any atom is 0.227 e. The average Bonchev–Trinajstić information content (AvgIpc) is 2.66. The third kappa shape index (κ3) is 4.18. The van der Waals surface area contributed by atoms with E-state index in [0.717, 1.165) is 37.1 Å². The van der Waals surface area contributed by atoms with Crippen LogP contribution in [0.15, 0.2) is 24.3 Å². The van der Waals surface area contributed by atoms with Crippen LogP contribution >= 0.6 is 0 Å². The molecule has 2 amide bonds. The first-order valence-corrected chi connectivity index (χ1v) is 9.35. The van der Waals surface area contributed by atoms with Crippen LogP contribution in [0, 0.1) is 5.41 Å². The van der Waals surface area contributed by atoms with Gasteiger partial charge in [0.1, 0.15) is 5.75 Å². The number of hydrogen-bond donors (Lipinski definition) is 1. The van der Waals surface area contributed by atoms with E-state index < -0.39 is 0 Å². The Morgan fingerprint density at radius 1 is 1.23 bits per heavy atom. The highest BCUT2D eigenvalue weighted by molar-refractivity contribution is 5.79. The molecule has 1 atom stereocenters. The highest BCUT2D eigenvalue weighted by Crippen LogP contribution is 2.39. The van der Waals surface area contributed by atoms with Crippen molar-refractivity contribution in [3.05, 3.63) is 29.8 Å². The van der Waals surface area contributed by atoms with Crippen LogP contribution in [-0.2, 0) is 16.0 Å². The van der Waals surface area contributed by atoms with Crippen molar-refractivity contribution in [2.45, 2.75) is 32.1 Å². The standard InChI is InChI=1S/C20H28N2O4/c1-26-17-5-3-16(4-6-17)13-19(25)21-10-2-8-20(14-21)9-7-18(24)22(15-20)11-12-23/h3-6,23H,2,7-15H2,1H3. The van der Waals surface area contributed by atoms with Crippen LogP contribution in [0.25, 0.3) is 0 Å². The molecule has 142 valence electrons. The van der Waals surface area contributed by atoms with E-state index >= 15 is 0 Å². The van der Waals surface area contributed by atoms with Gasteiger partial charge in [-0.15, -0.1) is 0 Å². The predicted octanol–water partition coefficient (Wildman–Crippen LogP) is 1.46. The summed E-state index contributed by atoms with van der Waals surface area (Å²) in [7, 11) is 1.63. The van der Waals surface area contributed by atoms with Crippen LogP contribution in [0.1, 0.15) is 31.2 Å². The van der Waals surface area contributed by atoms with Gasteiger partial charge in [0.15, 0.2) is 0 Å². The van der Waals surface area contributed by atoms with Crippen molar-refractivity contribution in [2.75, 3.05) is 39.9 Å². The predicted molar refractivity (Wildman–Crippen MR) is 97.8 cm³/mol. The lowest BCUT2D eigenvalue weighted by Gasteiger charge is -2.48. The molecule has 3 rings (SSSR count). The zero-order valence-electron chi connectivity index (χ0n) is 15.4. The Morgan fingerprint density at radius 2 is 2.00 bits per heavy atom. The molecule has 2 aliphatic heterocycles. The number of carbonyl (C=O) groups is 2. The van der Waals surface area contributed by atoms with Crippen LogP contribution in [0.2, 0.25) is 0 Å². The van der Waals surface area contributed by atoms with Gasteiger partial charge in [0.25, 0.3) is 0 Å². The lowest BCUT2D eigenvalue weighted by atomic mass is 9.73. The van der Waals surface area contributed by atoms with Crippen LogP contribution in [0.4, 0.5) is 0 Å². The number of aliphatic hydroxyl groups excluding tert-OH is 1. The molecule has 0 aliphatic carbocycles. The van der Waals surface area contributed by atoms with Gasteiger partial charge in [-0.25, -0.2) is 0 Å². The lowest BCUT2D eigenvalue weighted by Crippen LogP contribution is -2.55. The average molecular weight is 360 g/mol.